The second kappa shape index (κ2) is 4.19. The quantitative estimate of drug-likeness (QED) is 0.791. The van der Waals surface area contributed by atoms with Crippen molar-refractivity contribution in [1.82, 2.24) is 5.32 Å². The highest BCUT2D eigenvalue weighted by molar-refractivity contribution is 5.96. The molecular weight excluding hydrogens is 302 g/mol. The topological polar surface area (TPSA) is 55.4 Å². The molecule has 0 aromatic heterocycles. The highest BCUT2D eigenvalue weighted by atomic mass is 16.6. The molecule has 2 atom stereocenters. The molecule has 0 aromatic carbocycles. The molecule has 1 amide bonds. The first-order chi connectivity index (χ1) is 11.2. The van der Waals surface area contributed by atoms with E-state index in [1.807, 2.05) is 20.8 Å². The normalized spacial score (nSPS) is 53.3. The fourth-order valence-corrected chi connectivity index (χ4v) is 7.35. The summed E-state index contributed by atoms with van der Waals surface area (Å²) in [5.41, 5.74) is -1.94. The van der Waals surface area contributed by atoms with Crippen molar-refractivity contribution in [3.05, 3.63) is 0 Å². The van der Waals surface area contributed by atoms with Crippen LogP contribution in [0.15, 0.2) is 0 Å². The summed E-state index contributed by atoms with van der Waals surface area (Å²) in [7, 11) is 0. The largest absolute Gasteiger partial charge is 0.448 e. The maximum absolute atomic E-state index is 13.4. The smallest absolute Gasteiger partial charge is 0.313 e. The van der Waals surface area contributed by atoms with Crippen molar-refractivity contribution in [3.63, 3.8) is 0 Å². The number of nitrogens with one attached hydrogen (secondary N) is 1. The number of carbonyl (C=O) groups excluding carboxylic acids is 2. The first-order valence-corrected chi connectivity index (χ1v) is 9.76. The lowest BCUT2D eigenvalue weighted by Crippen LogP contribution is -2.65. The van der Waals surface area contributed by atoms with Crippen LogP contribution >= 0.6 is 0 Å². The molecule has 1 aliphatic heterocycles. The molecule has 6 fully saturated rings. The van der Waals surface area contributed by atoms with Gasteiger partial charge in [0.05, 0.1) is 5.41 Å². The van der Waals surface area contributed by atoms with Crippen molar-refractivity contribution in [3.8, 4) is 0 Å². The number of esters is 1. The number of rotatable bonds is 2. The van der Waals surface area contributed by atoms with Gasteiger partial charge >= 0.3 is 5.97 Å². The summed E-state index contributed by atoms with van der Waals surface area (Å²) < 4.78 is 5.79. The predicted molar refractivity (Wildman–Crippen MR) is 89.0 cm³/mol. The van der Waals surface area contributed by atoms with E-state index in [4.69, 9.17) is 4.74 Å². The summed E-state index contributed by atoms with van der Waals surface area (Å²) in [4.78, 5) is 25.9. The number of ether oxygens (including phenoxy) is 1. The second-order valence-electron chi connectivity index (χ2n) is 10.3. The molecule has 1 N–H and O–H groups in total. The summed E-state index contributed by atoms with van der Waals surface area (Å²) in [5, 5.41) is 3.46. The molecule has 0 unspecified atom stereocenters. The third-order valence-corrected chi connectivity index (χ3v) is 8.87. The minimum Gasteiger partial charge on any atom is -0.448 e. The number of amides is 1. The van der Waals surface area contributed by atoms with Gasteiger partial charge in [-0.25, -0.2) is 0 Å². The number of hydrogen-bond acceptors (Lipinski definition) is 3. The molecule has 4 nitrogen and oxygen atoms in total. The lowest BCUT2D eigenvalue weighted by molar-refractivity contribution is -0.170. The minimum atomic E-state index is -0.956. The van der Waals surface area contributed by atoms with Crippen LogP contribution in [0.1, 0.15) is 72.1 Å². The Labute approximate surface area is 144 Å². The van der Waals surface area contributed by atoms with E-state index >= 15 is 0 Å². The summed E-state index contributed by atoms with van der Waals surface area (Å²) in [5.74, 6) is 2.19. The lowest BCUT2D eigenvalue weighted by Gasteiger charge is -2.57. The van der Waals surface area contributed by atoms with Crippen LogP contribution in [0, 0.1) is 28.6 Å². The Morgan fingerprint density at radius 3 is 1.96 bits per heavy atom. The van der Waals surface area contributed by atoms with Gasteiger partial charge < -0.3 is 10.1 Å². The number of carbonyl (C=O) groups is 2. The predicted octanol–water partition coefficient (Wildman–Crippen LogP) is 3.19. The van der Waals surface area contributed by atoms with Crippen molar-refractivity contribution in [2.75, 3.05) is 0 Å². The van der Waals surface area contributed by atoms with Crippen LogP contribution in [0.25, 0.3) is 0 Å². The Hall–Kier alpha value is -1.06. The van der Waals surface area contributed by atoms with Crippen molar-refractivity contribution < 1.29 is 14.3 Å². The van der Waals surface area contributed by atoms with E-state index in [1.54, 1.807) is 0 Å². The molecule has 5 aliphatic carbocycles. The first kappa shape index (κ1) is 15.2. The SMILES string of the molecule is CC1(C)[C@]2(C)CC[C@]1(C(=O)NC13CC4CC(CC(C4)C1)C3)OC2=O. The summed E-state index contributed by atoms with van der Waals surface area (Å²) in [6, 6.07) is 0. The Kier molecular flexibility index (Phi) is 2.65. The first-order valence-electron chi connectivity index (χ1n) is 9.76. The molecule has 6 aliphatic rings. The zero-order chi connectivity index (χ0) is 17.0. The maximum Gasteiger partial charge on any atom is 0.313 e. The Balaban J connectivity index is 1.45. The van der Waals surface area contributed by atoms with Gasteiger partial charge in [-0.3, -0.25) is 9.59 Å². The molecule has 24 heavy (non-hydrogen) atoms. The molecule has 1 heterocycles. The van der Waals surface area contributed by atoms with Crippen LogP contribution in [-0.2, 0) is 14.3 Å². The van der Waals surface area contributed by atoms with E-state index in [0.717, 1.165) is 43.4 Å². The third-order valence-electron chi connectivity index (χ3n) is 8.87. The van der Waals surface area contributed by atoms with Crippen LogP contribution in [-0.4, -0.2) is 23.0 Å². The minimum absolute atomic E-state index is 0.0102. The Morgan fingerprint density at radius 1 is 1.00 bits per heavy atom. The van der Waals surface area contributed by atoms with E-state index in [-0.39, 0.29) is 17.4 Å². The van der Waals surface area contributed by atoms with Gasteiger partial charge in [0, 0.05) is 11.0 Å². The average Bonchev–Trinajstić information content (AvgIpc) is 2.75. The molecular formula is C20H29NO3. The molecule has 6 rings (SSSR count). The number of fused-ring (bicyclic) bond motifs is 2. The van der Waals surface area contributed by atoms with Gasteiger partial charge in [-0.05, 0) is 76.0 Å². The molecule has 132 valence electrons. The van der Waals surface area contributed by atoms with Gasteiger partial charge in [0.2, 0.25) is 0 Å². The van der Waals surface area contributed by atoms with E-state index in [2.05, 4.69) is 5.32 Å². The van der Waals surface area contributed by atoms with E-state index in [9.17, 15) is 9.59 Å². The molecule has 4 heteroatoms. The summed E-state index contributed by atoms with van der Waals surface area (Å²) in [6.45, 7) is 6.07. The monoisotopic (exact) mass is 331 g/mol. The number of hydrogen-bond donors (Lipinski definition) is 1. The Morgan fingerprint density at radius 2 is 1.54 bits per heavy atom. The van der Waals surface area contributed by atoms with Crippen molar-refractivity contribution in [2.45, 2.75) is 83.3 Å². The Bertz CT molecular complexity index is 604. The average molecular weight is 331 g/mol. The van der Waals surface area contributed by atoms with Crippen LogP contribution in [0.2, 0.25) is 0 Å². The summed E-state index contributed by atoms with van der Waals surface area (Å²) in [6.07, 6.45) is 8.90. The van der Waals surface area contributed by atoms with E-state index in [1.165, 1.54) is 19.3 Å². The maximum atomic E-state index is 13.4. The van der Waals surface area contributed by atoms with Gasteiger partial charge in [0.25, 0.3) is 5.91 Å². The van der Waals surface area contributed by atoms with Crippen LogP contribution in [0.3, 0.4) is 0 Å². The van der Waals surface area contributed by atoms with E-state index in [0.29, 0.717) is 6.42 Å². The molecule has 0 spiro atoms. The summed E-state index contributed by atoms with van der Waals surface area (Å²) >= 11 is 0. The standard InChI is InChI=1S/C20H29NO3/c1-17(2)18(3)4-5-20(17,24-16(18)23)15(22)21-19-9-12-6-13(10-19)8-14(7-12)11-19/h12-14H,4-11H2,1-3H3,(H,21,22)/t12?,13?,14?,18-,19?,20-/m1/s1. The van der Waals surface area contributed by atoms with Crippen LogP contribution in [0.5, 0.6) is 0 Å². The zero-order valence-corrected chi connectivity index (χ0v) is 15.1. The molecule has 5 saturated carbocycles. The van der Waals surface area contributed by atoms with Gasteiger partial charge in [-0.2, -0.15) is 0 Å². The van der Waals surface area contributed by atoms with Crippen molar-refractivity contribution in [2.24, 2.45) is 28.6 Å². The van der Waals surface area contributed by atoms with Gasteiger partial charge in [0.1, 0.15) is 0 Å². The highest BCUT2D eigenvalue weighted by Gasteiger charge is 2.76. The van der Waals surface area contributed by atoms with Crippen molar-refractivity contribution in [1.29, 1.82) is 0 Å². The molecule has 1 saturated heterocycles. The lowest BCUT2D eigenvalue weighted by atomic mass is 9.53. The van der Waals surface area contributed by atoms with Gasteiger partial charge in [-0.1, -0.05) is 13.8 Å². The molecule has 6 bridgehead atoms. The third kappa shape index (κ3) is 1.56. The second-order valence-corrected chi connectivity index (χ2v) is 10.3. The fourth-order valence-electron chi connectivity index (χ4n) is 7.35. The molecule has 0 radical (unpaired) electrons. The molecule has 0 aromatic rings. The highest BCUT2D eigenvalue weighted by Crippen LogP contribution is 2.66. The van der Waals surface area contributed by atoms with Crippen LogP contribution in [0.4, 0.5) is 0 Å². The van der Waals surface area contributed by atoms with Crippen LogP contribution < -0.4 is 5.32 Å². The fraction of sp³-hybridized carbons (Fsp3) is 0.900. The van der Waals surface area contributed by atoms with Gasteiger partial charge in [0.15, 0.2) is 5.60 Å². The zero-order valence-electron chi connectivity index (χ0n) is 15.1. The van der Waals surface area contributed by atoms with E-state index < -0.39 is 16.4 Å². The van der Waals surface area contributed by atoms with Crippen molar-refractivity contribution >= 4 is 11.9 Å². The van der Waals surface area contributed by atoms with Gasteiger partial charge in [-0.15, -0.1) is 0 Å².